The number of ether oxygens (including phenoxy) is 1. The van der Waals surface area contributed by atoms with Crippen molar-refractivity contribution in [2.45, 2.75) is 118 Å². The number of benzene rings is 7. The van der Waals surface area contributed by atoms with Crippen molar-refractivity contribution < 1.29 is 13.5 Å². The van der Waals surface area contributed by atoms with Gasteiger partial charge in [0.1, 0.15) is 35.6 Å². The highest BCUT2D eigenvalue weighted by molar-refractivity contribution is 6.09. The zero-order valence-electron chi connectivity index (χ0n) is 44.7. The van der Waals surface area contributed by atoms with Gasteiger partial charge in [-0.3, -0.25) is 4.57 Å². The fraction of sp³-hybridized carbons (Fsp3) is 0.288. The molecule has 0 saturated heterocycles. The van der Waals surface area contributed by atoms with Crippen LogP contribution in [0.2, 0.25) is 0 Å². The molecular formula is C66H68F2N4O. The standard InChI is InChI=1S/C66H68F2N4O/c1-40(2)42-26-43(41(3)4)28-44(27-42)56-33-48(66(11,12)13)34-57(45-29-49(67)36-50(68)30-45)63(56)71-39-70(59-20-16-17-21-60(59)71)51-31-47(65(8,9)10)32-53(37-51)73-52-22-23-55-54-18-14-15-19-58(54)72(61(55)38-52)62-35-46(24-25-69-62)64(5,6)7/h14-38,40-41H,39H2,1-13H3. The lowest BCUT2D eigenvalue weighted by molar-refractivity contribution is 0.479. The summed E-state index contributed by atoms with van der Waals surface area (Å²) in [4.78, 5) is 9.60. The van der Waals surface area contributed by atoms with Crippen LogP contribution in [-0.4, -0.2) is 16.2 Å². The minimum atomic E-state index is -0.616. The molecule has 0 aliphatic carbocycles. The molecule has 2 aromatic heterocycles. The number of fused-ring (bicyclic) bond motifs is 4. The molecule has 0 atom stereocenters. The van der Waals surface area contributed by atoms with E-state index in [-0.39, 0.29) is 28.1 Å². The zero-order chi connectivity index (χ0) is 51.9. The first-order valence-electron chi connectivity index (χ1n) is 25.8. The molecule has 0 bridgehead atoms. The number of hydrogen-bond acceptors (Lipinski definition) is 4. The second-order valence-corrected chi connectivity index (χ2v) is 23.8. The van der Waals surface area contributed by atoms with Gasteiger partial charge in [0.2, 0.25) is 0 Å². The van der Waals surface area contributed by atoms with Crippen molar-refractivity contribution in [1.82, 2.24) is 9.55 Å². The summed E-state index contributed by atoms with van der Waals surface area (Å²) < 4.78 is 40.3. The maximum atomic E-state index is 15.5. The lowest BCUT2D eigenvalue weighted by atomic mass is 9.81. The third-order valence-electron chi connectivity index (χ3n) is 14.6. The number of hydrogen-bond donors (Lipinski definition) is 0. The first-order chi connectivity index (χ1) is 34.5. The van der Waals surface area contributed by atoms with Crippen LogP contribution in [0.1, 0.15) is 130 Å². The summed E-state index contributed by atoms with van der Waals surface area (Å²) in [5.74, 6) is 1.62. The first kappa shape index (κ1) is 49.3. The zero-order valence-corrected chi connectivity index (χ0v) is 44.7. The number of anilines is 4. The van der Waals surface area contributed by atoms with Gasteiger partial charge < -0.3 is 14.5 Å². The highest BCUT2D eigenvalue weighted by Gasteiger charge is 2.34. The van der Waals surface area contributed by atoms with E-state index in [1.54, 1.807) is 0 Å². The van der Waals surface area contributed by atoms with E-state index in [0.717, 1.165) is 84.3 Å². The molecule has 372 valence electrons. The minimum Gasteiger partial charge on any atom is -0.457 e. The van der Waals surface area contributed by atoms with Crippen molar-refractivity contribution >= 4 is 44.6 Å². The fourth-order valence-electron chi connectivity index (χ4n) is 10.3. The predicted molar refractivity (Wildman–Crippen MR) is 302 cm³/mol. The minimum absolute atomic E-state index is 0.0491. The van der Waals surface area contributed by atoms with Crippen LogP contribution in [0.25, 0.3) is 49.9 Å². The molecule has 1 aliphatic rings. The lowest BCUT2D eigenvalue weighted by Gasteiger charge is -2.31. The number of aromatic nitrogens is 2. The van der Waals surface area contributed by atoms with Crippen molar-refractivity contribution in [2.75, 3.05) is 16.5 Å². The Morgan fingerprint density at radius 2 is 1.05 bits per heavy atom. The Balaban J connectivity index is 1.14. The summed E-state index contributed by atoms with van der Waals surface area (Å²) in [6, 6.07) is 49.5. The SMILES string of the molecule is CC(C)c1cc(-c2cc(C(C)(C)C)cc(-c3cc(F)cc(F)c3)c2N2CN(c3cc(Oc4ccc5c6ccccc6n(-c6cc(C(C)(C)C)ccn6)c5c4)cc(C(C)(C)C)c3)c3ccccc32)cc(C(C)C)c1. The van der Waals surface area contributed by atoms with Gasteiger partial charge in [0.05, 0.1) is 28.1 Å². The van der Waals surface area contributed by atoms with Crippen LogP contribution >= 0.6 is 0 Å². The highest BCUT2D eigenvalue weighted by atomic mass is 19.1. The smallest absolute Gasteiger partial charge is 0.137 e. The van der Waals surface area contributed by atoms with Crippen LogP contribution in [0.5, 0.6) is 11.5 Å². The maximum absolute atomic E-state index is 15.5. The number of rotatable bonds is 9. The van der Waals surface area contributed by atoms with Crippen molar-refractivity contribution in [1.29, 1.82) is 0 Å². The summed E-state index contributed by atoms with van der Waals surface area (Å²) in [6.07, 6.45) is 1.91. The van der Waals surface area contributed by atoms with Crippen LogP contribution in [0, 0.1) is 11.6 Å². The van der Waals surface area contributed by atoms with Crippen molar-refractivity contribution in [3.05, 3.63) is 191 Å². The average molecular weight is 971 g/mol. The van der Waals surface area contributed by atoms with Gasteiger partial charge in [-0.25, -0.2) is 13.8 Å². The van der Waals surface area contributed by atoms with Gasteiger partial charge in [-0.2, -0.15) is 0 Å². The average Bonchev–Trinajstić information content (AvgIpc) is 3.88. The molecule has 9 aromatic rings. The Bertz CT molecular complexity index is 3540. The van der Waals surface area contributed by atoms with Gasteiger partial charge in [0.15, 0.2) is 0 Å². The van der Waals surface area contributed by atoms with E-state index in [2.05, 4.69) is 232 Å². The molecule has 0 saturated carbocycles. The van der Waals surface area contributed by atoms with Crippen LogP contribution in [0.4, 0.5) is 31.5 Å². The number of para-hydroxylation sites is 3. The molecule has 5 nitrogen and oxygen atoms in total. The molecule has 0 radical (unpaired) electrons. The molecular weight excluding hydrogens is 903 g/mol. The summed E-state index contributed by atoms with van der Waals surface area (Å²) in [6.45, 7) is 29.3. The van der Waals surface area contributed by atoms with Gasteiger partial charge in [-0.15, -0.1) is 0 Å². The first-order valence-corrected chi connectivity index (χ1v) is 25.8. The molecule has 3 heterocycles. The summed E-state index contributed by atoms with van der Waals surface area (Å²) >= 11 is 0. The monoisotopic (exact) mass is 971 g/mol. The summed E-state index contributed by atoms with van der Waals surface area (Å²) in [5.41, 5.74) is 14.6. The maximum Gasteiger partial charge on any atom is 0.137 e. The summed E-state index contributed by atoms with van der Waals surface area (Å²) in [7, 11) is 0. The van der Waals surface area contributed by atoms with E-state index in [4.69, 9.17) is 9.72 Å². The number of nitrogens with zero attached hydrogens (tertiary/aromatic N) is 4. The largest absolute Gasteiger partial charge is 0.457 e. The van der Waals surface area contributed by atoms with Crippen molar-refractivity contribution in [2.24, 2.45) is 0 Å². The molecule has 10 rings (SSSR count). The Morgan fingerprint density at radius 1 is 0.493 bits per heavy atom. The molecule has 0 unspecified atom stereocenters. The number of halogens is 2. The Kier molecular flexibility index (Phi) is 12.4. The van der Waals surface area contributed by atoms with Crippen LogP contribution in [0.15, 0.2) is 152 Å². The second kappa shape index (κ2) is 18.4. The quantitative estimate of drug-likeness (QED) is 0.144. The molecule has 1 aliphatic heterocycles. The van der Waals surface area contributed by atoms with E-state index in [0.29, 0.717) is 23.7 Å². The van der Waals surface area contributed by atoms with E-state index >= 15 is 8.78 Å². The van der Waals surface area contributed by atoms with Gasteiger partial charge in [0.25, 0.3) is 0 Å². The topological polar surface area (TPSA) is 33.5 Å². The molecule has 73 heavy (non-hydrogen) atoms. The van der Waals surface area contributed by atoms with Crippen LogP contribution < -0.4 is 14.5 Å². The normalized spacial score (nSPS) is 13.3. The Labute approximate surface area is 431 Å². The van der Waals surface area contributed by atoms with Gasteiger partial charge in [-0.05, 0) is 146 Å². The third-order valence-corrected chi connectivity index (χ3v) is 14.6. The fourth-order valence-corrected chi connectivity index (χ4v) is 10.3. The van der Waals surface area contributed by atoms with Crippen molar-refractivity contribution in [3.8, 4) is 39.6 Å². The second-order valence-electron chi connectivity index (χ2n) is 23.8. The van der Waals surface area contributed by atoms with Gasteiger partial charge in [-0.1, -0.05) is 139 Å². The predicted octanol–water partition coefficient (Wildman–Crippen LogP) is 19.0. The molecule has 0 fully saturated rings. The van der Waals surface area contributed by atoms with Gasteiger partial charge in [0, 0.05) is 52.0 Å². The van der Waals surface area contributed by atoms with E-state index in [1.807, 2.05) is 6.20 Å². The van der Waals surface area contributed by atoms with E-state index in [9.17, 15) is 0 Å². The van der Waals surface area contributed by atoms with Crippen molar-refractivity contribution in [3.63, 3.8) is 0 Å². The van der Waals surface area contributed by atoms with E-state index in [1.165, 1.54) is 28.8 Å². The lowest BCUT2D eigenvalue weighted by Crippen LogP contribution is -2.26. The molecule has 7 heteroatoms. The highest BCUT2D eigenvalue weighted by Crippen LogP contribution is 2.53. The Morgan fingerprint density at radius 3 is 1.67 bits per heavy atom. The summed E-state index contributed by atoms with van der Waals surface area (Å²) in [5, 5.41) is 2.27. The number of pyridine rings is 1. The van der Waals surface area contributed by atoms with Crippen LogP contribution in [0.3, 0.4) is 0 Å². The molecule has 0 amide bonds. The molecule has 0 N–H and O–H groups in total. The van der Waals surface area contributed by atoms with Gasteiger partial charge >= 0.3 is 0 Å². The van der Waals surface area contributed by atoms with Crippen LogP contribution in [-0.2, 0) is 16.2 Å². The molecule has 0 spiro atoms. The Hall–Kier alpha value is -7.25. The third kappa shape index (κ3) is 9.51. The molecule has 7 aromatic carbocycles. The van der Waals surface area contributed by atoms with E-state index < -0.39 is 11.6 Å².